The molecule has 1 aromatic heterocycles. The molecule has 1 unspecified atom stereocenters. The summed E-state index contributed by atoms with van der Waals surface area (Å²) in [6.45, 7) is 10.4. The van der Waals surface area contributed by atoms with Crippen molar-refractivity contribution < 1.29 is 12.9 Å². The van der Waals surface area contributed by atoms with Gasteiger partial charge < -0.3 is 4.52 Å². The molecule has 3 rings (SSSR count). The van der Waals surface area contributed by atoms with Gasteiger partial charge in [0.2, 0.25) is 15.9 Å². The number of rotatable bonds is 5. The van der Waals surface area contributed by atoms with Gasteiger partial charge in [0.25, 0.3) is 0 Å². The molecule has 0 spiro atoms. The first kappa shape index (κ1) is 20.0. The lowest BCUT2D eigenvalue weighted by molar-refractivity contribution is 0.124. The van der Waals surface area contributed by atoms with Crippen LogP contribution in [-0.2, 0) is 21.2 Å². The summed E-state index contributed by atoms with van der Waals surface area (Å²) >= 11 is 0. The van der Waals surface area contributed by atoms with E-state index in [4.69, 9.17) is 4.52 Å². The molecule has 0 saturated carbocycles. The minimum absolute atomic E-state index is 0.0347. The lowest BCUT2D eigenvalue weighted by Crippen LogP contribution is -2.49. The molecule has 7 nitrogen and oxygen atoms in total. The van der Waals surface area contributed by atoms with Crippen molar-refractivity contribution in [3.05, 3.63) is 47.6 Å². The van der Waals surface area contributed by atoms with E-state index in [2.05, 4.69) is 15.0 Å². The topological polar surface area (TPSA) is 79.5 Å². The van der Waals surface area contributed by atoms with Crippen LogP contribution in [0.5, 0.6) is 0 Å². The van der Waals surface area contributed by atoms with Gasteiger partial charge in [-0.15, -0.1) is 0 Å². The fraction of sp³-hybridized carbons (Fsp3) is 0.579. The van der Waals surface area contributed by atoms with E-state index >= 15 is 0 Å². The lowest BCUT2D eigenvalue weighted by atomic mass is 9.96. The molecule has 0 amide bonds. The molecule has 27 heavy (non-hydrogen) atoms. The van der Waals surface area contributed by atoms with Crippen LogP contribution in [0.1, 0.15) is 51.0 Å². The molecule has 148 valence electrons. The van der Waals surface area contributed by atoms with E-state index in [0.29, 0.717) is 37.9 Å². The van der Waals surface area contributed by atoms with Crippen LogP contribution in [0.2, 0.25) is 0 Å². The smallest absolute Gasteiger partial charge is 0.243 e. The van der Waals surface area contributed by atoms with E-state index in [-0.39, 0.29) is 17.2 Å². The molecule has 1 atom stereocenters. The van der Waals surface area contributed by atoms with Gasteiger partial charge in [0.15, 0.2) is 5.82 Å². The summed E-state index contributed by atoms with van der Waals surface area (Å²) in [5.41, 5.74) is 0.653. The highest BCUT2D eigenvalue weighted by atomic mass is 32.2. The zero-order chi connectivity index (χ0) is 19.7. The van der Waals surface area contributed by atoms with Crippen LogP contribution < -0.4 is 0 Å². The average molecular weight is 393 g/mol. The number of aromatic nitrogens is 2. The standard InChI is InChI=1S/C19H28N4O3S/c1-15(17-20-18(21-26-17)19(2,3)4)22-10-12-23(13-11-22)27(24,25)14-16-8-6-5-7-9-16/h5-9,15H,10-14H2,1-4H3. The zero-order valence-corrected chi connectivity index (χ0v) is 17.2. The Kier molecular flexibility index (Phi) is 5.69. The van der Waals surface area contributed by atoms with Crippen molar-refractivity contribution >= 4 is 10.0 Å². The van der Waals surface area contributed by atoms with Crippen molar-refractivity contribution in [2.24, 2.45) is 0 Å². The summed E-state index contributed by atoms with van der Waals surface area (Å²) in [6.07, 6.45) is 0. The molecule has 0 aliphatic carbocycles. The molecule has 8 heteroatoms. The Balaban J connectivity index is 1.60. The quantitative estimate of drug-likeness (QED) is 0.778. The molecule has 1 saturated heterocycles. The van der Waals surface area contributed by atoms with Gasteiger partial charge in [0.05, 0.1) is 11.8 Å². The van der Waals surface area contributed by atoms with Crippen LogP contribution in [0.15, 0.2) is 34.9 Å². The molecule has 1 aromatic carbocycles. The predicted octanol–water partition coefficient (Wildman–Crippen LogP) is 2.58. The molecule has 0 radical (unpaired) electrons. The first-order valence-electron chi connectivity index (χ1n) is 9.27. The summed E-state index contributed by atoms with van der Waals surface area (Å²) in [7, 11) is -3.31. The van der Waals surface area contributed by atoms with Gasteiger partial charge in [-0.2, -0.15) is 9.29 Å². The first-order chi connectivity index (χ1) is 12.7. The molecule has 2 heterocycles. The van der Waals surface area contributed by atoms with E-state index in [1.807, 2.05) is 58.0 Å². The fourth-order valence-electron chi connectivity index (χ4n) is 3.11. The summed E-state index contributed by atoms with van der Waals surface area (Å²) in [6, 6.07) is 9.27. The van der Waals surface area contributed by atoms with Crippen LogP contribution in [-0.4, -0.2) is 53.9 Å². The molecule has 1 aliphatic heterocycles. The SMILES string of the molecule is CC(c1nc(C(C)(C)C)no1)N1CCN(S(=O)(=O)Cc2ccccc2)CC1. The van der Waals surface area contributed by atoms with Crippen LogP contribution in [0.4, 0.5) is 0 Å². The van der Waals surface area contributed by atoms with Crippen molar-refractivity contribution in [2.75, 3.05) is 26.2 Å². The van der Waals surface area contributed by atoms with E-state index in [0.717, 1.165) is 5.56 Å². The highest BCUT2D eigenvalue weighted by Crippen LogP contribution is 2.25. The summed E-state index contributed by atoms with van der Waals surface area (Å²) in [5.74, 6) is 1.32. The van der Waals surface area contributed by atoms with Crippen molar-refractivity contribution in [2.45, 2.75) is 44.9 Å². The molecular formula is C19H28N4O3S. The summed E-state index contributed by atoms with van der Waals surface area (Å²) < 4.78 is 32.4. The Hall–Kier alpha value is -1.77. The predicted molar refractivity (Wildman–Crippen MR) is 104 cm³/mol. The van der Waals surface area contributed by atoms with Gasteiger partial charge in [0, 0.05) is 31.6 Å². The summed E-state index contributed by atoms with van der Waals surface area (Å²) in [4.78, 5) is 6.72. The number of sulfonamides is 1. The van der Waals surface area contributed by atoms with Crippen LogP contribution in [0.3, 0.4) is 0 Å². The van der Waals surface area contributed by atoms with Crippen molar-refractivity contribution in [1.29, 1.82) is 0 Å². The van der Waals surface area contributed by atoms with Gasteiger partial charge >= 0.3 is 0 Å². The molecule has 0 N–H and O–H groups in total. The number of benzene rings is 1. The number of nitrogens with zero attached hydrogens (tertiary/aromatic N) is 4. The fourth-order valence-corrected chi connectivity index (χ4v) is 4.63. The summed E-state index contributed by atoms with van der Waals surface area (Å²) in [5, 5.41) is 4.09. The second-order valence-corrected chi connectivity index (χ2v) is 10.0. The van der Waals surface area contributed by atoms with Gasteiger partial charge in [0.1, 0.15) is 0 Å². The Morgan fingerprint density at radius 3 is 2.30 bits per heavy atom. The van der Waals surface area contributed by atoms with Gasteiger partial charge in [-0.05, 0) is 12.5 Å². The second-order valence-electron chi connectivity index (χ2n) is 8.06. The Labute approximate surface area is 161 Å². The number of piperazine rings is 1. The van der Waals surface area contributed by atoms with E-state index in [9.17, 15) is 8.42 Å². The zero-order valence-electron chi connectivity index (χ0n) is 16.4. The van der Waals surface area contributed by atoms with E-state index in [1.165, 1.54) is 0 Å². The minimum atomic E-state index is -3.31. The Morgan fingerprint density at radius 2 is 1.74 bits per heavy atom. The maximum atomic E-state index is 12.7. The molecule has 1 fully saturated rings. The number of hydrogen-bond donors (Lipinski definition) is 0. The van der Waals surface area contributed by atoms with E-state index < -0.39 is 10.0 Å². The van der Waals surface area contributed by atoms with Gasteiger partial charge in [-0.25, -0.2) is 8.42 Å². The van der Waals surface area contributed by atoms with E-state index in [1.54, 1.807) is 4.31 Å². The highest BCUT2D eigenvalue weighted by Gasteiger charge is 2.31. The third kappa shape index (κ3) is 4.75. The Morgan fingerprint density at radius 1 is 1.11 bits per heavy atom. The first-order valence-corrected chi connectivity index (χ1v) is 10.9. The van der Waals surface area contributed by atoms with Crippen LogP contribution in [0, 0.1) is 0 Å². The maximum absolute atomic E-state index is 12.7. The monoisotopic (exact) mass is 392 g/mol. The second kappa shape index (κ2) is 7.69. The van der Waals surface area contributed by atoms with Crippen LogP contribution in [0.25, 0.3) is 0 Å². The maximum Gasteiger partial charge on any atom is 0.243 e. The third-order valence-corrected chi connectivity index (χ3v) is 6.73. The molecular weight excluding hydrogens is 364 g/mol. The van der Waals surface area contributed by atoms with Gasteiger partial charge in [-0.1, -0.05) is 56.3 Å². The molecule has 0 bridgehead atoms. The van der Waals surface area contributed by atoms with Crippen molar-refractivity contribution in [3.8, 4) is 0 Å². The minimum Gasteiger partial charge on any atom is -0.338 e. The number of hydrogen-bond acceptors (Lipinski definition) is 6. The van der Waals surface area contributed by atoms with Gasteiger partial charge in [-0.3, -0.25) is 4.90 Å². The molecule has 2 aromatic rings. The largest absolute Gasteiger partial charge is 0.338 e. The average Bonchev–Trinajstić information content (AvgIpc) is 3.12. The lowest BCUT2D eigenvalue weighted by Gasteiger charge is -2.36. The Bertz CT molecular complexity index is 851. The normalized spacial score (nSPS) is 18.5. The third-order valence-electron chi connectivity index (χ3n) is 4.88. The van der Waals surface area contributed by atoms with Crippen molar-refractivity contribution in [3.63, 3.8) is 0 Å². The van der Waals surface area contributed by atoms with Crippen LogP contribution >= 0.6 is 0 Å². The molecule has 1 aliphatic rings. The van der Waals surface area contributed by atoms with Crippen molar-refractivity contribution in [1.82, 2.24) is 19.3 Å². The highest BCUT2D eigenvalue weighted by molar-refractivity contribution is 7.88.